The van der Waals surface area contributed by atoms with Crippen molar-refractivity contribution in [2.24, 2.45) is 0 Å². The molecule has 2 radical (unpaired) electrons. The van der Waals surface area contributed by atoms with Crippen LogP contribution in [0.5, 0.6) is 0 Å². The summed E-state index contributed by atoms with van der Waals surface area (Å²) in [5, 5.41) is 4.26. The molecule has 0 fully saturated rings. The van der Waals surface area contributed by atoms with Gasteiger partial charge in [-0.2, -0.15) is 17.7 Å². The average Bonchev–Trinajstić information content (AvgIpc) is 3.37. The molecule has 1 aliphatic rings. The standard InChI is InChI=1S/C19H21Si.C5H5.2CH3.2ClH.Si.Zr/c1-14-8-9-16-6-5-7-18(19(14)16)15-10-12-17(13-11-15)20(2,3)4;1-2-4-5-3-1;;;;;;/h5-13H,1-4H3;1-3H,4H2;2*1H3;2*1H;;/q4*-1;;;;. The second-order valence-electron chi connectivity index (χ2n) is 7.62. The number of hydrogen-bond donors (Lipinski definition) is 0. The van der Waals surface area contributed by atoms with Gasteiger partial charge >= 0.3 is 30.2 Å². The van der Waals surface area contributed by atoms with Gasteiger partial charge in [0.1, 0.15) is 0 Å². The number of benzene rings is 2. The summed E-state index contributed by atoms with van der Waals surface area (Å²) in [5.74, 6) is 0. The Morgan fingerprint density at radius 1 is 0.968 bits per heavy atom. The zero-order valence-corrected chi connectivity index (χ0v) is 25.5. The maximum absolute atomic E-state index is 3.06. The van der Waals surface area contributed by atoms with Gasteiger partial charge in [0.25, 0.3) is 0 Å². The third-order valence-electron chi connectivity index (χ3n) is 4.65. The van der Waals surface area contributed by atoms with Gasteiger partial charge in [-0.25, -0.2) is 12.2 Å². The Hall–Kier alpha value is -0.573. The minimum atomic E-state index is -1.21. The maximum atomic E-state index is 3.06. The Kier molecular flexibility index (Phi) is 19.2. The first-order valence-electron chi connectivity index (χ1n) is 9.19. The minimum absolute atomic E-state index is 0. The van der Waals surface area contributed by atoms with E-state index >= 15 is 0 Å². The Morgan fingerprint density at radius 3 is 2.03 bits per heavy atom. The molecule has 0 aliphatic heterocycles. The predicted molar refractivity (Wildman–Crippen MR) is 147 cm³/mol. The van der Waals surface area contributed by atoms with Gasteiger partial charge in [0.05, 0.1) is 8.07 Å². The van der Waals surface area contributed by atoms with Crippen LogP contribution < -0.4 is 5.19 Å². The van der Waals surface area contributed by atoms with Crippen LogP contribution in [0.4, 0.5) is 0 Å². The molecule has 0 spiro atoms. The molecule has 168 valence electrons. The van der Waals surface area contributed by atoms with Crippen LogP contribution in [-0.4, -0.2) is 15.0 Å². The van der Waals surface area contributed by atoms with E-state index in [1.54, 1.807) is 0 Å². The zero-order chi connectivity index (χ0) is 19.9. The van der Waals surface area contributed by atoms with Gasteiger partial charge in [-0.15, -0.1) is 60.2 Å². The Labute approximate surface area is 221 Å². The SMILES string of the molecule is Cc1c[cH-]c2cccc(-c3ccc([Si](C)(C)C)cc3)c12.Cl.Cl.[C-]1=CC=CC1.[CH3-].[CH3-].[Si]=[Zr]. The van der Waals surface area contributed by atoms with Gasteiger partial charge in [0.15, 0.2) is 0 Å². The zero-order valence-electron chi connectivity index (χ0n) is 19.5. The molecular weight excluding hydrogens is 531 g/mol. The van der Waals surface area contributed by atoms with Crippen LogP contribution in [0.1, 0.15) is 12.0 Å². The molecule has 5 heteroatoms. The molecule has 3 aromatic rings. The molecule has 0 aromatic heterocycles. The van der Waals surface area contributed by atoms with E-state index in [1.165, 1.54) is 56.0 Å². The summed E-state index contributed by atoms with van der Waals surface area (Å²) in [7, 11) is -1.21. The fourth-order valence-corrected chi connectivity index (χ4v) is 4.34. The van der Waals surface area contributed by atoms with Crippen molar-refractivity contribution >= 4 is 55.7 Å². The third kappa shape index (κ3) is 9.84. The van der Waals surface area contributed by atoms with E-state index in [-0.39, 0.29) is 39.7 Å². The quantitative estimate of drug-likeness (QED) is 0.221. The summed E-state index contributed by atoms with van der Waals surface area (Å²) in [6.07, 6.45) is 10.0. The molecule has 0 saturated heterocycles. The number of hydrogen-bond acceptors (Lipinski definition) is 0. The van der Waals surface area contributed by atoms with E-state index in [1.807, 2.05) is 12.2 Å². The molecule has 0 unspecified atom stereocenters. The molecule has 0 nitrogen and oxygen atoms in total. The second-order valence-corrected chi connectivity index (χ2v) is 12.7. The van der Waals surface area contributed by atoms with Gasteiger partial charge in [-0.05, 0) is 5.56 Å². The van der Waals surface area contributed by atoms with Crippen molar-refractivity contribution in [3.8, 4) is 11.1 Å². The summed E-state index contributed by atoms with van der Waals surface area (Å²) in [5.41, 5.74) is 4.05. The number of rotatable bonds is 2. The van der Waals surface area contributed by atoms with E-state index < -0.39 is 8.07 Å². The van der Waals surface area contributed by atoms with Gasteiger partial charge in [0, 0.05) is 0 Å². The van der Waals surface area contributed by atoms with Gasteiger partial charge in [-0.1, -0.05) is 67.6 Å². The molecule has 0 saturated carbocycles. The average molecular weight is 565 g/mol. The monoisotopic (exact) mass is 562 g/mol. The summed E-state index contributed by atoms with van der Waals surface area (Å²) >= 11 is 1.36. The first kappa shape index (κ1) is 35.0. The topological polar surface area (TPSA) is 0 Å². The molecule has 3 aromatic carbocycles. The fraction of sp³-hybridized carbons (Fsp3) is 0.192. The first-order valence-corrected chi connectivity index (χ1v) is 16.9. The third-order valence-corrected chi connectivity index (χ3v) is 6.72. The van der Waals surface area contributed by atoms with Crippen LogP contribution >= 0.6 is 24.8 Å². The molecule has 0 atom stereocenters. The number of aryl methyl sites for hydroxylation is 1. The normalized spacial score (nSPS) is 10.7. The van der Waals surface area contributed by atoms with Crippen molar-refractivity contribution in [2.75, 3.05) is 0 Å². The van der Waals surface area contributed by atoms with Crippen molar-refractivity contribution in [3.05, 3.63) is 99.3 Å². The van der Waals surface area contributed by atoms with Gasteiger partial charge in [-0.3, -0.25) is 6.08 Å². The van der Waals surface area contributed by atoms with Crippen molar-refractivity contribution in [1.29, 1.82) is 0 Å². The summed E-state index contributed by atoms with van der Waals surface area (Å²) in [4.78, 5) is 0. The Balaban J connectivity index is -0.000000624. The van der Waals surface area contributed by atoms with E-state index in [2.05, 4.69) is 100 Å². The van der Waals surface area contributed by atoms with Crippen LogP contribution in [0, 0.1) is 27.9 Å². The molecule has 4 rings (SSSR count). The first-order chi connectivity index (χ1) is 13.0. The molecule has 0 heterocycles. The molecule has 0 N–H and O–H groups in total. The Morgan fingerprint density at radius 2 is 1.58 bits per heavy atom. The van der Waals surface area contributed by atoms with E-state index in [4.69, 9.17) is 0 Å². The second kappa shape index (κ2) is 17.0. The number of fused-ring (bicyclic) bond motifs is 1. The fourth-order valence-electron chi connectivity index (χ4n) is 3.18. The van der Waals surface area contributed by atoms with Crippen LogP contribution in [0.25, 0.3) is 21.9 Å². The van der Waals surface area contributed by atoms with E-state index in [9.17, 15) is 0 Å². The van der Waals surface area contributed by atoms with Crippen molar-refractivity contribution in [1.82, 2.24) is 0 Å². The summed E-state index contributed by atoms with van der Waals surface area (Å²) in [6.45, 7) is 12.4. The number of halogens is 2. The van der Waals surface area contributed by atoms with Crippen molar-refractivity contribution in [3.63, 3.8) is 0 Å². The van der Waals surface area contributed by atoms with Crippen molar-refractivity contribution < 1.29 is 23.3 Å². The van der Waals surface area contributed by atoms with Crippen LogP contribution in [0.3, 0.4) is 0 Å². The molecule has 0 bridgehead atoms. The van der Waals surface area contributed by atoms with E-state index in [0.717, 1.165) is 6.42 Å². The molecular formula is C26H34Cl2Si2Zr-4. The van der Waals surface area contributed by atoms with Crippen LogP contribution in [0.15, 0.2) is 72.8 Å². The summed E-state index contributed by atoms with van der Waals surface area (Å²) in [6, 6.07) is 20.2. The molecule has 31 heavy (non-hydrogen) atoms. The predicted octanol–water partition coefficient (Wildman–Crippen LogP) is 7.75. The molecule has 0 amide bonds. The molecule has 1 aliphatic carbocycles. The van der Waals surface area contributed by atoms with Crippen LogP contribution in [0.2, 0.25) is 19.6 Å². The van der Waals surface area contributed by atoms with Gasteiger partial charge < -0.3 is 14.9 Å². The van der Waals surface area contributed by atoms with Crippen molar-refractivity contribution in [2.45, 2.75) is 33.0 Å². The van der Waals surface area contributed by atoms with Crippen LogP contribution in [-0.2, 0) is 23.3 Å². The van der Waals surface area contributed by atoms with Gasteiger partial charge in [0.2, 0.25) is 0 Å². The number of allylic oxidation sites excluding steroid dienone is 4. The Bertz CT molecular complexity index is 926. The van der Waals surface area contributed by atoms with E-state index in [0.29, 0.717) is 0 Å². The summed E-state index contributed by atoms with van der Waals surface area (Å²) < 4.78 is 0.